The lowest BCUT2D eigenvalue weighted by Gasteiger charge is -2.25. The summed E-state index contributed by atoms with van der Waals surface area (Å²) in [6.45, 7) is 2.24. The SMILES string of the molecule is CCCOC(=O)CSC1=C(C#N)C(c2cccc(Cl)c2Cl)CC(=O)N1. The van der Waals surface area contributed by atoms with Gasteiger partial charge in [-0.25, -0.2) is 0 Å². The van der Waals surface area contributed by atoms with Crippen LogP contribution < -0.4 is 5.32 Å². The highest BCUT2D eigenvalue weighted by Crippen LogP contribution is 2.40. The highest BCUT2D eigenvalue weighted by Gasteiger charge is 2.31. The predicted molar refractivity (Wildman–Crippen MR) is 98.3 cm³/mol. The fourth-order valence-electron chi connectivity index (χ4n) is 2.38. The van der Waals surface area contributed by atoms with E-state index in [0.717, 1.165) is 18.2 Å². The number of esters is 1. The molecule has 5 nitrogen and oxygen atoms in total. The second-order valence-electron chi connectivity index (χ2n) is 5.31. The fourth-order valence-corrected chi connectivity index (χ4v) is 3.69. The molecule has 0 bridgehead atoms. The molecule has 1 aliphatic rings. The molecule has 1 unspecified atom stereocenters. The molecular weight excluding hydrogens is 383 g/mol. The minimum atomic E-state index is -0.501. The first-order valence-corrected chi connectivity index (χ1v) is 9.38. The summed E-state index contributed by atoms with van der Waals surface area (Å²) in [5, 5.41) is 13.3. The summed E-state index contributed by atoms with van der Waals surface area (Å²) in [6.07, 6.45) is 0.821. The van der Waals surface area contributed by atoms with Gasteiger partial charge >= 0.3 is 5.97 Å². The third kappa shape index (κ3) is 4.91. The van der Waals surface area contributed by atoms with E-state index in [1.165, 1.54) is 0 Å². The van der Waals surface area contributed by atoms with E-state index < -0.39 is 11.9 Å². The van der Waals surface area contributed by atoms with E-state index in [4.69, 9.17) is 27.9 Å². The number of thioether (sulfide) groups is 1. The summed E-state index contributed by atoms with van der Waals surface area (Å²) in [5.41, 5.74) is 0.976. The molecule has 1 aromatic carbocycles. The summed E-state index contributed by atoms with van der Waals surface area (Å²) in [5.74, 6) is -1.13. The third-order valence-corrected chi connectivity index (χ3v) is 5.34. The van der Waals surface area contributed by atoms with Crippen LogP contribution in [0, 0.1) is 11.3 Å². The van der Waals surface area contributed by atoms with Crippen LogP contribution in [0.1, 0.15) is 31.2 Å². The van der Waals surface area contributed by atoms with E-state index in [0.29, 0.717) is 32.8 Å². The van der Waals surface area contributed by atoms with Crippen LogP contribution in [0.25, 0.3) is 0 Å². The Morgan fingerprint density at radius 2 is 2.24 bits per heavy atom. The number of carbonyl (C=O) groups is 2. The van der Waals surface area contributed by atoms with Gasteiger partial charge in [0.2, 0.25) is 5.91 Å². The second-order valence-corrected chi connectivity index (χ2v) is 7.08. The van der Waals surface area contributed by atoms with Crippen LogP contribution in [0.15, 0.2) is 28.8 Å². The van der Waals surface area contributed by atoms with Gasteiger partial charge < -0.3 is 10.1 Å². The molecule has 1 aliphatic heterocycles. The van der Waals surface area contributed by atoms with Gasteiger partial charge in [0.25, 0.3) is 0 Å². The van der Waals surface area contributed by atoms with Crippen molar-refractivity contribution in [3.05, 3.63) is 44.4 Å². The van der Waals surface area contributed by atoms with Crippen LogP contribution in [0.4, 0.5) is 0 Å². The smallest absolute Gasteiger partial charge is 0.316 e. The number of amides is 1. The predicted octanol–water partition coefficient (Wildman–Crippen LogP) is 4.02. The maximum absolute atomic E-state index is 12.1. The second kappa shape index (κ2) is 9.14. The Labute approximate surface area is 160 Å². The number of nitrogens with one attached hydrogen (secondary N) is 1. The van der Waals surface area contributed by atoms with Gasteiger partial charge in [-0.1, -0.05) is 54.0 Å². The highest BCUT2D eigenvalue weighted by molar-refractivity contribution is 8.03. The number of hydrogen-bond donors (Lipinski definition) is 1. The molecule has 8 heteroatoms. The molecule has 1 aromatic rings. The van der Waals surface area contributed by atoms with E-state index in [2.05, 4.69) is 11.4 Å². The maximum atomic E-state index is 12.1. The van der Waals surface area contributed by atoms with Crippen LogP contribution in [-0.2, 0) is 14.3 Å². The standard InChI is InChI=1S/C17H16Cl2N2O3S/c1-2-6-24-15(23)9-25-17-12(8-20)11(7-14(22)21-17)10-4-3-5-13(18)16(10)19/h3-5,11H,2,6-7,9H2,1H3,(H,21,22). The first-order chi connectivity index (χ1) is 12.0. The molecule has 1 N–H and O–H groups in total. The van der Waals surface area contributed by atoms with Gasteiger partial charge in [-0.05, 0) is 18.1 Å². The van der Waals surface area contributed by atoms with Gasteiger partial charge in [-0.15, -0.1) is 0 Å². The monoisotopic (exact) mass is 398 g/mol. The molecule has 0 fully saturated rings. The van der Waals surface area contributed by atoms with Crippen molar-refractivity contribution in [3.63, 3.8) is 0 Å². The van der Waals surface area contributed by atoms with Gasteiger partial charge in [0.15, 0.2) is 0 Å². The Hall–Kier alpha value is -1.68. The zero-order valence-corrected chi connectivity index (χ0v) is 15.8. The van der Waals surface area contributed by atoms with E-state index in [1.54, 1.807) is 18.2 Å². The van der Waals surface area contributed by atoms with Gasteiger partial charge in [0.05, 0.1) is 39.1 Å². The fraction of sp³-hybridized carbons (Fsp3) is 0.353. The molecule has 25 heavy (non-hydrogen) atoms. The van der Waals surface area contributed by atoms with Crippen molar-refractivity contribution in [2.75, 3.05) is 12.4 Å². The lowest BCUT2D eigenvalue weighted by molar-refractivity contribution is -0.140. The minimum absolute atomic E-state index is 0.0107. The van der Waals surface area contributed by atoms with Crippen LogP contribution in [0.2, 0.25) is 10.0 Å². The van der Waals surface area contributed by atoms with Crippen LogP contribution >= 0.6 is 35.0 Å². The van der Waals surface area contributed by atoms with E-state index in [1.807, 2.05) is 6.92 Å². The summed E-state index contributed by atoms with van der Waals surface area (Å²) < 4.78 is 5.01. The number of ether oxygens (including phenoxy) is 1. The zero-order chi connectivity index (χ0) is 18.4. The normalized spacial score (nSPS) is 17.0. The quantitative estimate of drug-likeness (QED) is 0.731. The number of carbonyl (C=O) groups excluding carboxylic acids is 2. The first kappa shape index (κ1) is 19.6. The summed E-state index contributed by atoms with van der Waals surface area (Å²) in [7, 11) is 0. The lowest BCUT2D eigenvalue weighted by atomic mass is 9.87. The molecule has 1 atom stereocenters. The van der Waals surface area contributed by atoms with Crippen molar-refractivity contribution in [2.24, 2.45) is 0 Å². The van der Waals surface area contributed by atoms with E-state index >= 15 is 0 Å². The molecule has 0 saturated carbocycles. The van der Waals surface area contributed by atoms with Crippen LogP contribution in [-0.4, -0.2) is 24.2 Å². The average molecular weight is 399 g/mol. The summed E-state index contributed by atoms with van der Waals surface area (Å²) in [4.78, 5) is 23.7. The molecule has 0 spiro atoms. The van der Waals surface area contributed by atoms with Gasteiger partial charge in [-0.3, -0.25) is 9.59 Å². The van der Waals surface area contributed by atoms with Crippen molar-refractivity contribution in [1.82, 2.24) is 5.32 Å². The van der Waals surface area contributed by atoms with Crippen molar-refractivity contribution < 1.29 is 14.3 Å². The number of halogens is 2. The number of nitriles is 1. The molecule has 0 aliphatic carbocycles. The van der Waals surface area contributed by atoms with Crippen molar-refractivity contribution in [1.29, 1.82) is 5.26 Å². The zero-order valence-electron chi connectivity index (χ0n) is 13.5. The van der Waals surface area contributed by atoms with Gasteiger partial charge in [-0.2, -0.15) is 5.26 Å². The molecule has 1 heterocycles. The molecule has 132 valence electrons. The van der Waals surface area contributed by atoms with Crippen molar-refractivity contribution in [2.45, 2.75) is 25.7 Å². The molecule has 0 saturated heterocycles. The maximum Gasteiger partial charge on any atom is 0.316 e. The Balaban J connectivity index is 2.28. The molecule has 2 rings (SSSR count). The average Bonchev–Trinajstić information content (AvgIpc) is 2.60. The number of nitrogens with zero attached hydrogens (tertiary/aromatic N) is 1. The van der Waals surface area contributed by atoms with Crippen LogP contribution in [0.5, 0.6) is 0 Å². The Kier molecular flexibility index (Phi) is 7.18. The number of benzene rings is 1. The van der Waals surface area contributed by atoms with Crippen molar-refractivity contribution >= 4 is 46.8 Å². The van der Waals surface area contributed by atoms with Gasteiger partial charge in [0.1, 0.15) is 0 Å². The summed E-state index contributed by atoms with van der Waals surface area (Å²) >= 11 is 13.4. The molecular formula is C17H16Cl2N2O3S. The number of allylic oxidation sites excluding steroid dienone is 1. The highest BCUT2D eigenvalue weighted by atomic mass is 35.5. The third-order valence-electron chi connectivity index (χ3n) is 3.51. The summed E-state index contributed by atoms with van der Waals surface area (Å²) in [6, 6.07) is 7.24. The lowest BCUT2D eigenvalue weighted by Crippen LogP contribution is -2.31. The van der Waals surface area contributed by atoms with E-state index in [9.17, 15) is 14.9 Å². The van der Waals surface area contributed by atoms with Crippen LogP contribution in [0.3, 0.4) is 0 Å². The topological polar surface area (TPSA) is 79.2 Å². The molecule has 0 radical (unpaired) electrons. The Morgan fingerprint density at radius 1 is 1.48 bits per heavy atom. The minimum Gasteiger partial charge on any atom is -0.465 e. The van der Waals surface area contributed by atoms with Crippen molar-refractivity contribution in [3.8, 4) is 6.07 Å². The van der Waals surface area contributed by atoms with Gasteiger partial charge in [0, 0.05) is 12.3 Å². The first-order valence-electron chi connectivity index (χ1n) is 7.64. The largest absolute Gasteiger partial charge is 0.465 e. The number of rotatable bonds is 6. The Morgan fingerprint density at radius 3 is 2.92 bits per heavy atom. The molecule has 1 amide bonds. The molecule has 0 aromatic heterocycles. The van der Waals surface area contributed by atoms with E-state index in [-0.39, 0.29) is 18.1 Å². The Bertz CT molecular complexity index is 759. The number of hydrogen-bond acceptors (Lipinski definition) is 5.